The maximum atomic E-state index is 13.6. The van der Waals surface area contributed by atoms with Gasteiger partial charge in [-0.1, -0.05) is 12.1 Å². The van der Waals surface area contributed by atoms with E-state index in [9.17, 15) is 13.4 Å². The topological polar surface area (TPSA) is 68.6 Å². The van der Waals surface area contributed by atoms with Gasteiger partial charge in [-0.25, -0.2) is 13.6 Å². The van der Waals surface area contributed by atoms with Crippen LogP contribution in [0.25, 0.3) is 0 Å². The van der Waals surface area contributed by atoms with Gasteiger partial charge in [-0.15, -0.1) is 0 Å². The number of aromatic nitrogens is 1. The molecule has 1 aliphatic rings. The number of ether oxygens (including phenoxy) is 1. The number of para-hydroxylation sites is 1. The van der Waals surface area contributed by atoms with Gasteiger partial charge in [0, 0.05) is 29.3 Å². The number of carbonyl (C=O) groups is 1. The first-order valence-electron chi connectivity index (χ1n) is 7.21. The minimum Gasteiger partial charge on any atom is -0.436 e. The lowest BCUT2D eigenvalue weighted by atomic mass is 10.2. The van der Waals surface area contributed by atoms with Gasteiger partial charge in [0.05, 0.1) is 9.73 Å². The maximum absolute atomic E-state index is 13.6. The summed E-state index contributed by atoms with van der Waals surface area (Å²) in [6, 6.07) is 8.75. The van der Waals surface area contributed by atoms with E-state index in [1.54, 1.807) is 12.1 Å². The second-order valence-corrected chi connectivity index (χ2v) is 7.74. The zero-order valence-electron chi connectivity index (χ0n) is 12.3. The molecule has 1 aliphatic heterocycles. The van der Waals surface area contributed by atoms with E-state index < -0.39 is 21.5 Å². The van der Waals surface area contributed by atoms with Gasteiger partial charge in [0.25, 0.3) is 5.91 Å². The molecule has 1 aromatic carbocycles. The average Bonchev–Trinajstić information content (AvgIpc) is 2.96. The number of hydrogen-bond acceptors (Lipinski definition) is 4. The largest absolute Gasteiger partial charge is 0.436 e. The van der Waals surface area contributed by atoms with E-state index in [-0.39, 0.29) is 17.2 Å². The Bertz CT molecular complexity index is 848. The molecule has 0 bridgehead atoms. The molecule has 3 rings (SSSR count). The third-order valence-electron chi connectivity index (χ3n) is 3.46. The summed E-state index contributed by atoms with van der Waals surface area (Å²) in [5.41, 5.74) is 0.223. The van der Waals surface area contributed by atoms with Crippen LogP contribution in [0.1, 0.15) is 23.2 Å². The predicted molar refractivity (Wildman–Crippen MR) is 84.6 cm³/mol. The van der Waals surface area contributed by atoms with Crippen molar-refractivity contribution < 1.29 is 18.1 Å². The molecule has 1 aromatic heterocycles. The van der Waals surface area contributed by atoms with Crippen LogP contribution >= 0.6 is 0 Å². The van der Waals surface area contributed by atoms with E-state index in [1.807, 2.05) is 0 Å². The van der Waals surface area contributed by atoms with E-state index >= 15 is 0 Å². The second kappa shape index (κ2) is 6.45. The molecule has 120 valence electrons. The SMILES string of the molecule is O=C(N=S1(=O)CCCC1)c1ccnc(Oc2ccccc2F)c1. The number of pyridine rings is 1. The summed E-state index contributed by atoms with van der Waals surface area (Å²) in [7, 11) is -2.43. The molecule has 23 heavy (non-hydrogen) atoms. The average molecular weight is 334 g/mol. The minimum absolute atomic E-state index is 0.0169. The smallest absolute Gasteiger partial charge is 0.285 e. The van der Waals surface area contributed by atoms with Crippen LogP contribution in [0.3, 0.4) is 0 Å². The third-order valence-corrected chi connectivity index (χ3v) is 5.81. The molecule has 1 saturated heterocycles. The molecule has 1 fully saturated rings. The zero-order chi connectivity index (χ0) is 16.3. The van der Waals surface area contributed by atoms with E-state index in [4.69, 9.17) is 4.74 Å². The molecule has 2 heterocycles. The number of hydrogen-bond donors (Lipinski definition) is 0. The Hall–Kier alpha value is -2.28. The Balaban J connectivity index is 1.84. The van der Waals surface area contributed by atoms with Crippen molar-refractivity contribution in [1.82, 2.24) is 4.98 Å². The molecule has 0 spiro atoms. The van der Waals surface area contributed by atoms with Crippen molar-refractivity contribution in [2.75, 3.05) is 11.5 Å². The van der Waals surface area contributed by atoms with Crippen LogP contribution in [-0.4, -0.2) is 26.6 Å². The Kier molecular flexibility index (Phi) is 4.38. The van der Waals surface area contributed by atoms with Crippen molar-refractivity contribution in [2.45, 2.75) is 12.8 Å². The van der Waals surface area contributed by atoms with E-state index in [1.165, 1.54) is 30.5 Å². The number of amides is 1. The molecule has 0 N–H and O–H groups in total. The van der Waals surface area contributed by atoms with Crippen molar-refractivity contribution >= 4 is 15.6 Å². The quantitative estimate of drug-likeness (QED) is 0.862. The summed E-state index contributed by atoms with van der Waals surface area (Å²) in [5.74, 6) is -0.0618. The Morgan fingerprint density at radius 3 is 2.70 bits per heavy atom. The highest BCUT2D eigenvalue weighted by Crippen LogP contribution is 2.23. The van der Waals surface area contributed by atoms with Crippen LogP contribution in [0.5, 0.6) is 11.6 Å². The van der Waals surface area contributed by atoms with Crippen molar-refractivity contribution in [1.29, 1.82) is 0 Å². The van der Waals surface area contributed by atoms with Crippen LogP contribution in [0, 0.1) is 5.82 Å². The summed E-state index contributed by atoms with van der Waals surface area (Å²) < 4.78 is 35.1. The maximum Gasteiger partial charge on any atom is 0.285 e. The number of nitrogens with zero attached hydrogens (tertiary/aromatic N) is 2. The van der Waals surface area contributed by atoms with Gasteiger partial charge >= 0.3 is 0 Å². The highest BCUT2D eigenvalue weighted by atomic mass is 32.2. The van der Waals surface area contributed by atoms with Gasteiger partial charge in [-0.05, 0) is 31.0 Å². The summed E-state index contributed by atoms with van der Waals surface area (Å²) in [6.45, 7) is 0. The number of rotatable bonds is 3. The molecule has 2 aromatic rings. The molecule has 0 unspecified atom stereocenters. The molecule has 1 amide bonds. The second-order valence-electron chi connectivity index (χ2n) is 5.20. The van der Waals surface area contributed by atoms with Crippen LogP contribution in [0.15, 0.2) is 47.0 Å². The van der Waals surface area contributed by atoms with Crippen LogP contribution < -0.4 is 4.74 Å². The Labute approximate surface area is 133 Å². The number of carbonyl (C=O) groups excluding carboxylic acids is 1. The van der Waals surface area contributed by atoms with Gasteiger partial charge in [0.15, 0.2) is 11.6 Å². The summed E-state index contributed by atoms with van der Waals surface area (Å²) >= 11 is 0. The Morgan fingerprint density at radius 1 is 1.22 bits per heavy atom. The molecule has 0 aliphatic carbocycles. The minimum atomic E-state index is -2.43. The lowest BCUT2D eigenvalue weighted by Gasteiger charge is -2.06. The van der Waals surface area contributed by atoms with Gasteiger partial charge in [0.1, 0.15) is 0 Å². The third kappa shape index (κ3) is 3.73. The molecular formula is C16H15FN2O3S. The van der Waals surface area contributed by atoms with Gasteiger partial charge in [-0.3, -0.25) is 4.79 Å². The van der Waals surface area contributed by atoms with Gasteiger partial charge in [0.2, 0.25) is 5.88 Å². The molecular weight excluding hydrogens is 319 g/mol. The van der Waals surface area contributed by atoms with Gasteiger partial charge < -0.3 is 4.74 Å². The molecule has 0 radical (unpaired) electrons. The summed E-state index contributed by atoms with van der Waals surface area (Å²) in [4.78, 5) is 16.1. The predicted octanol–water partition coefficient (Wildman–Crippen LogP) is 3.42. The monoisotopic (exact) mass is 334 g/mol. The zero-order valence-corrected chi connectivity index (χ0v) is 13.1. The normalized spacial score (nSPS) is 16.0. The molecule has 0 saturated carbocycles. The van der Waals surface area contributed by atoms with Crippen LogP contribution in [-0.2, 0) is 9.73 Å². The first kappa shape index (κ1) is 15.6. The first-order valence-corrected chi connectivity index (χ1v) is 9.06. The number of benzene rings is 1. The van der Waals surface area contributed by atoms with Crippen LogP contribution in [0.2, 0.25) is 0 Å². The highest BCUT2D eigenvalue weighted by molar-refractivity contribution is 7.94. The fraction of sp³-hybridized carbons (Fsp3) is 0.250. The molecule has 5 nitrogen and oxygen atoms in total. The van der Waals surface area contributed by atoms with E-state index in [2.05, 4.69) is 9.35 Å². The summed E-state index contributed by atoms with van der Waals surface area (Å²) in [6.07, 6.45) is 3.03. The summed E-state index contributed by atoms with van der Waals surface area (Å²) in [5, 5.41) is 0. The highest BCUT2D eigenvalue weighted by Gasteiger charge is 2.19. The van der Waals surface area contributed by atoms with Crippen molar-refractivity contribution in [3.05, 3.63) is 54.0 Å². The fourth-order valence-electron chi connectivity index (χ4n) is 2.29. The van der Waals surface area contributed by atoms with Crippen LogP contribution in [0.4, 0.5) is 4.39 Å². The lowest BCUT2D eigenvalue weighted by Crippen LogP contribution is -2.06. The lowest BCUT2D eigenvalue weighted by molar-refractivity contribution is 0.100. The van der Waals surface area contributed by atoms with E-state index in [0.29, 0.717) is 11.5 Å². The van der Waals surface area contributed by atoms with Crippen molar-refractivity contribution in [3.63, 3.8) is 0 Å². The molecule has 0 atom stereocenters. The first-order chi connectivity index (χ1) is 11.1. The Morgan fingerprint density at radius 2 is 1.96 bits per heavy atom. The molecule has 7 heteroatoms. The van der Waals surface area contributed by atoms with Crippen molar-refractivity contribution in [2.24, 2.45) is 4.36 Å². The fourth-order valence-corrected chi connectivity index (χ4v) is 4.40. The van der Waals surface area contributed by atoms with Gasteiger partial charge in [-0.2, -0.15) is 4.36 Å². The van der Waals surface area contributed by atoms with Crippen molar-refractivity contribution in [3.8, 4) is 11.6 Å². The standard InChI is InChI=1S/C16H15FN2O3S/c17-13-5-1-2-6-14(13)22-15-11-12(7-8-18-15)16(20)19-23(21)9-3-4-10-23/h1-2,5-8,11H,3-4,9-10H2. The number of halogens is 1. The van der Waals surface area contributed by atoms with E-state index in [0.717, 1.165) is 12.8 Å².